The summed E-state index contributed by atoms with van der Waals surface area (Å²) in [5, 5.41) is 0. The molecule has 1 aliphatic heterocycles. The van der Waals surface area contributed by atoms with Crippen LogP contribution in [0.15, 0.2) is 47.6 Å². The van der Waals surface area contributed by atoms with Crippen molar-refractivity contribution in [2.75, 3.05) is 6.54 Å². The summed E-state index contributed by atoms with van der Waals surface area (Å²) in [6, 6.07) is 6.80. The zero-order chi connectivity index (χ0) is 17.7. The van der Waals surface area contributed by atoms with Gasteiger partial charge in [0.2, 0.25) is 0 Å². The predicted molar refractivity (Wildman–Crippen MR) is 97.6 cm³/mol. The summed E-state index contributed by atoms with van der Waals surface area (Å²) >= 11 is 3.69. The van der Waals surface area contributed by atoms with E-state index >= 15 is 0 Å². The summed E-state index contributed by atoms with van der Waals surface area (Å²) in [5.41, 5.74) is 2.56. The second-order valence-corrected chi connectivity index (χ2v) is 7.96. The van der Waals surface area contributed by atoms with E-state index in [1.165, 1.54) is 10.5 Å². The fourth-order valence-electron chi connectivity index (χ4n) is 4.17. The van der Waals surface area contributed by atoms with Crippen LogP contribution in [0.4, 0.5) is 0 Å². The van der Waals surface area contributed by atoms with E-state index in [0.717, 1.165) is 12.8 Å². The number of allylic oxidation sites excluding steroid dienone is 3. The van der Waals surface area contributed by atoms with Crippen molar-refractivity contribution in [3.63, 3.8) is 0 Å². The maximum Gasteiger partial charge on any atom is 0.261 e. The molecule has 1 aromatic carbocycles. The third-order valence-corrected chi connectivity index (χ3v) is 6.50. The van der Waals surface area contributed by atoms with Crippen LogP contribution in [0.2, 0.25) is 0 Å². The maximum atomic E-state index is 12.9. The molecule has 1 saturated carbocycles. The Balaban J connectivity index is 1.60. The first-order chi connectivity index (χ1) is 12.0. The molecule has 4 nitrogen and oxygen atoms in total. The Kier molecular flexibility index (Phi) is 3.99. The Bertz CT molecular complexity index is 819. The lowest BCUT2D eigenvalue weighted by molar-refractivity contribution is -0.118. The molecule has 0 spiro atoms. The lowest BCUT2D eigenvalue weighted by Crippen LogP contribution is -2.35. The summed E-state index contributed by atoms with van der Waals surface area (Å²) in [5.74, 6) is -0.328. The van der Waals surface area contributed by atoms with Gasteiger partial charge in [-0.25, -0.2) is 0 Å². The highest BCUT2D eigenvalue weighted by Crippen LogP contribution is 2.45. The highest BCUT2D eigenvalue weighted by Gasteiger charge is 2.43. The van der Waals surface area contributed by atoms with E-state index in [0.29, 0.717) is 27.4 Å². The number of hydrogen-bond acceptors (Lipinski definition) is 3. The van der Waals surface area contributed by atoms with E-state index in [-0.39, 0.29) is 30.1 Å². The number of amides is 2. The quantitative estimate of drug-likeness (QED) is 0.576. The van der Waals surface area contributed by atoms with E-state index < -0.39 is 0 Å². The molecule has 3 atom stereocenters. The smallest absolute Gasteiger partial charge is 0.261 e. The fourth-order valence-corrected chi connectivity index (χ4v) is 5.22. The molecule has 2 aliphatic carbocycles. The van der Waals surface area contributed by atoms with Gasteiger partial charge in [-0.3, -0.25) is 19.3 Å². The summed E-state index contributed by atoms with van der Waals surface area (Å²) in [6.07, 6.45) is 5.59. The molecule has 3 unspecified atom stereocenters. The lowest BCUT2D eigenvalue weighted by Gasteiger charge is -2.23. The zero-order valence-electron chi connectivity index (χ0n) is 13.9. The van der Waals surface area contributed by atoms with Crippen LogP contribution in [0.5, 0.6) is 0 Å². The Morgan fingerprint density at radius 3 is 2.32 bits per heavy atom. The van der Waals surface area contributed by atoms with Crippen LogP contribution < -0.4 is 0 Å². The molecule has 0 aromatic heterocycles. The Morgan fingerprint density at radius 1 is 1.08 bits per heavy atom. The average Bonchev–Trinajstić information content (AvgIpc) is 3.07. The van der Waals surface area contributed by atoms with Gasteiger partial charge in [0.1, 0.15) is 0 Å². The first kappa shape index (κ1) is 16.5. The highest BCUT2D eigenvalue weighted by molar-refractivity contribution is 9.09. The van der Waals surface area contributed by atoms with Crippen LogP contribution in [0.25, 0.3) is 0 Å². The Hall–Kier alpha value is -2.01. The van der Waals surface area contributed by atoms with Crippen molar-refractivity contribution in [2.24, 2.45) is 11.8 Å². The third-order valence-electron chi connectivity index (χ3n) is 5.48. The number of fused-ring (bicyclic) bond motifs is 2. The van der Waals surface area contributed by atoms with Gasteiger partial charge in [-0.15, -0.1) is 0 Å². The van der Waals surface area contributed by atoms with Gasteiger partial charge in [-0.05, 0) is 30.9 Å². The first-order valence-corrected chi connectivity index (χ1v) is 9.48. The predicted octanol–water partition coefficient (Wildman–Crippen LogP) is 3.53. The van der Waals surface area contributed by atoms with E-state index in [4.69, 9.17) is 0 Å². The average molecular weight is 400 g/mol. The number of carbonyl (C=O) groups is 3. The number of ketones is 1. The molecule has 1 heterocycles. The van der Waals surface area contributed by atoms with E-state index in [9.17, 15) is 14.4 Å². The minimum Gasteiger partial charge on any atom is -0.294 e. The molecule has 0 N–H and O–H groups in total. The van der Waals surface area contributed by atoms with Crippen molar-refractivity contribution in [3.05, 3.63) is 58.7 Å². The number of halogens is 1. The number of benzene rings is 1. The van der Waals surface area contributed by atoms with Gasteiger partial charge in [-0.1, -0.05) is 52.7 Å². The molecule has 4 rings (SSSR count). The van der Waals surface area contributed by atoms with Crippen LogP contribution >= 0.6 is 15.9 Å². The molecule has 0 saturated heterocycles. The minimum atomic E-state index is -0.319. The monoisotopic (exact) mass is 399 g/mol. The van der Waals surface area contributed by atoms with Crippen molar-refractivity contribution in [1.82, 2.24) is 4.90 Å². The molecule has 3 aliphatic rings. The first-order valence-electron chi connectivity index (χ1n) is 8.57. The maximum absolute atomic E-state index is 12.9. The highest BCUT2D eigenvalue weighted by atomic mass is 79.9. The molecule has 2 amide bonds. The standard InChI is InChI=1S/C20H18BrNO3/c1-2-12-13-8-7-11(18(23)16(13)9-17(12)21)10-22-19(24)14-5-3-4-6-15(14)20(22)25/h3-8,12,16-17H,2,9-10H2,1H3. The molecule has 0 radical (unpaired) electrons. The summed E-state index contributed by atoms with van der Waals surface area (Å²) in [4.78, 5) is 39.4. The normalized spacial score (nSPS) is 28.0. The van der Waals surface area contributed by atoms with Crippen molar-refractivity contribution in [1.29, 1.82) is 0 Å². The number of imide groups is 1. The van der Waals surface area contributed by atoms with Crippen molar-refractivity contribution in [2.45, 2.75) is 24.6 Å². The van der Waals surface area contributed by atoms with Gasteiger partial charge in [0.05, 0.1) is 17.7 Å². The fraction of sp³-hybridized carbons (Fsp3) is 0.350. The van der Waals surface area contributed by atoms with E-state index in [1.54, 1.807) is 30.3 Å². The van der Waals surface area contributed by atoms with Crippen molar-refractivity contribution < 1.29 is 14.4 Å². The Labute approximate surface area is 154 Å². The molecule has 1 aromatic rings. The van der Waals surface area contributed by atoms with Crippen molar-refractivity contribution >= 4 is 33.5 Å². The van der Waals surface area contributed by atoms with Crippen LogP contribution in [-0.2, 0) is 4.79 Å². The molecular weight excluding hydrogens is 382 g/mol. The largest absolute Gasteiger partial charge is 0.294 e. The summed E-state index contributed by atoms with van der Waals surface area (Å²) in [7, 11) is 0. The van der Waals surface area contributed by atoms with Gasteiger partial charge in [0, 0.05) is 16.3 Å². The molecule has 128 valence electrons. The number of hydrogen-bond donors (Lipinski definition) is 0. The third kappa shape index (κ3) is 2.44. The number of alkyl halides is 1. The van der Waals surface area contributed by atoms with E-state index in [1.807, 2.05) is 6.08 Å². The van der Waals surface area contributed by atoms with Crippen LogP contribution in [0, 0.1) is 11.8 Å². The van der Waals surface area contributed by atoms with Gasteiger partial charge in [0.25, 0.3) is 11.8 Å². The van der Waals surface area contributed by atoms with Gasteiger partial charge in [0.15, 0.2) is 5.78 Å². The molecule has 25 heavy (non-hydrogen) atoms. The zero-order valence-corrected chi connectivity index (χ0v) is 15.5. The number of Topliss-reactive ketones (excluding diaryl/α,β-unsaturated/α-hetero) is 1. The van der Waals surface area contributed by atoms with Gasteiger partial charge in [-0.2, -0.15) is 0 Å². The van der Waals surface area contributed by atoms with Gasteiger partial charge < -0.3 is 0 Å². The summed E-state index contributed by atoms with van der Waals surface area (Å²) < 4.78 is 0. The molecule has 5 heteroatoms. The van der Waals surface area contributed by atoms with Crippen molar-refractivity contribution in [3.8, 4) is 0 Å². The summed E-state index contributed by atoms with van der Waals surface area (Å²) in [6.45, 7) is 2.18. The molecule has 1 fully saturated rings. The number of nitrogens with zero attached hydrogens (tertiary/aromatic N) is 1. The Morgan fingerprint density at radius 2 is 1.72 bits per heavy atom. The molecular formula is C20H18BrNO3. The van der Waals surface area contributed by atoms with Crippen LogP contribution in [-0.4, -0.2) is 33.9 Å². The lowest BCUT2D eigenvalue weighted by atomic mass is 9.84. The molecule has 0 bridgehead atoms. The number of carbonyl (C=O) groups excluding carboxylic acids is 3. The topological polar surface area (TPSA) is 54.5 Å². The SMILES string of the molecule is CCC1C2=CC=C(CN3C(=O)c4ccccc4C3=O)C(=O)C2CC1Br. The minimum absolute atomic E-state index is 0.0504. The number of rotatable bonds is 3. The van der Waals surface area contributed by atoms with Gasteiger partial charge >= 0.3 is 0 Å². The van der Waals surface area contributed by atoms with E-state index in [2.05, 4.69) is 22.9 Å². The van der Waals surface area contributed by atoms with Crippen LogP contribution in [0.3, 0.4) is 0 Å². The second kappa shape index (κ2) is 6.06. The second-order valence-electron chi connectivity index (χ2n) is 6.78. The van der Waals surface area contributed by atoms with Crippen LogP contribution in [0.1, 0.15) is 40.5 Å².